The van der Waals surface area contributed by atoms with Crippen LogP contribution in [0, 0.1) is 0 Å². The third-order valence-corrected chi connectivity index (χ3v) is 3.41. The Balaban J connectivity index is 3.08. The summed E-state index contributed by atoms with van der Waals surface area (Å²) < 4.78 is 5.22. The van der Waals surface area contributed by atoms with E-state index in [1.807, 2.05) is 0 Å². The summed E-state index contributed by atoms with van der Waals surface area (Å²) in [4.78, 5) is 0. The largest absolute Gasteiger partial charge is 0.377 e. The van der Waals surface area contributed by atoms with Gasteiger partial charge in [-0.15, -0.1) is 6.58 Å². The van der Waals surface area contributed by atoms with Crippen molar-refractivity contribution in [1.29, 1.82) is 0 Å². The molecule has 0 saturated carbocycles. The summed E-state index contributed by atoms with van der Waals surface area (Å²) >= 11 is 6.11. The van der Waals surface area contributed by atoms with Crippen molar-refractivity contribution in [3.63, 3.8) is 0 Å². The van der Waals surface area contributed by atoms with Gasteiger partial charge in [-0.2, -0.15) is 11.1 Å². The standard InChI is InChI=1S/C8H17ClOSi/c1-4-6-10-7-5-8-11(2,3)9/h4H,1,5-8H2,2-3H3. The Kier molecular flexibility index (Phi) is 5.92. The molecule has 0 aromatic heterocycles. The van der Waals surface area contributed by atoms with E-state index in [4.69, 9.17) is 15.8 Å². The zero-order valence-electron chi connectivity index (χ0n) is 7.40. The van der Waals surface area contributed by atoms with E-state index in [0.29, 0.717) is 6.61 Å². The molecule has 0 amide bonds. The Morgan fingerprint density at radius 1 is 1.55 bits per heavy atom. The van der Waals surface area contributed by atoms with E-state index in [0.717, 1.165) is 19.1 Å². The Morgan fingerprint density at radius 2 is 2.18 bits per heavy atom. The van der Waals surface area contributed by atoms with E-state index in [1.165, 1.54) is 0 Å². The molecule has 0 aromatic carbocycles. The van der Waals surface area contributed by atoms with Gasteiger partial charge in [-0.3, -0.25) is 0 Å². The van der Waals surface area contributed by atoms with Gasteiger partial charge in [-0.25, -0.2) is 0 Å². The third-order valence-electron chi connectivity index (χ3n) is 1.30. The maximum atomic E-state index is 6.11. The van der Waals surface area contributed by atoms with Gasteiger partial charge in [0.1, 0.15) is 0 Å². The van der Waals surface area contributed by atoms with Crippen molar-refractivity contribution in [2.24, 2.45) is 0 Å². The van der Waals surface area contributed by atoms with Crippen molar-refractivity contribution >= 4 is 18.5 Å². The topological polar surface area (TPSA) is 9.23 Å². The molecule has 1 nitrogen and oxygen atoms in total. The zero-order valence-corrected chi connectivity index (χ0v) is 9.16. The summed E-state index contributed by atoms with van der Waals surface area (Å²) in [6, 6.07) is 1.13. The lowest BCUT2D eigenvalue weighted by molar-refractivity contribution is 0.163. The van der Waals surface area contributed by atoms with Crippen LogP contribution in [-0.2, 0) is 4.74 Å². The lowest BCUT2D eigenvalue weighted by atomic mass is 10.5. The van der Waals surface area contributed by atoms with Crippen LogP contribution in [0.15, 0.2) is 12.7 Å². The van der Waals surface area contributed by atoms with Crippen LogP contribution in [0.1, 0.15) is 6.42 Å². The van der Waals surface area contributed by atoms with Gasteiger partial charge in [0.25, 0.3) is 0 Å². The quantitative estimate of drug-likeness (QED) is 0.272. The summed E-state index contributed by atoms with van der Waals surface area (Å²) in [5.74, 6) is 0. The molecule has 0 saturated heterocycles. The maximum Gasteiger partial charge on any atom is 0.150 e. The summed E-state index contributed by atoms with van der Waals surface area (Å²) in [5, 5.41) is 0. The number of rotatable bonds is 6. The highest BCUT2D eigenvalue weighted by atomic mass is 35.6. The molecule has 0 spiro atoms. The lowest BCUT2D eigenvalue weighted by Gasteiger charge is -2.11. The molecular formula is C8H17ClOSi. The number of hydrogen-bond acceptors (Lipinski definition) is 1. The van der Waals surface area contributed by atoms with Crippen LogP contribution in [0.5, 0.6) is 0 Å². The maximum absolute atomic E-state index is 6.11. The first kappa shape index (κ1) is 11.2. The first-order valence-electron chi connectivity index (χ1n) is 3.94. The van der Waals surface area contributed by atoms with Crippen molar-refractivity contribution < 1.29 is 4.74 Å². The SMILES string of the molecule is C=CCOCCC[Si](C)(C)Cl. The van der Waals surface area contributed by atoms with E-state index in [-0.39, 0.29) is 0 Å². The van der Waals surface area contributed by atoms with Crippen molar-refractivity contribution in [1.82, 2.24) is 0 Å². The predicted molar refractivity (Wildman–Crippen MR) is 53.8 cm³/mol. The minimum Gasteiger partial charge on any atom is -0.377 e. The monoisotopic (exact) mass is 192 g/mol. The van der Waals surface area contributed by atoms with Crippen molar-refractivity contribution in [2.45, 2.75) is 25.6 Å². The van der Waals surface area contributed by atoms with E-state index in [1.54, 1.807) is 6.08 Å². The van der Waals surface area contributed by atoms with Crippen molar-refractivity contribution in [2.75, 3.05) is 13.2 Å². The Hall–Kier alpha value is 0.207. The first-order valence-corrected chi connectivity index (χ1v) is 8.16. The molecule has 0 radical (unpaired) electrons. The molecule has 0 atom stereocenters. The minimum atomic E-state index is -1.35. The molecule has 0 rings (SSSR count). The molecule has 0 unspecified atom stereocenters. The molecule has 0 fully saturated rings. The average Bonchev–Trinajstić information content (AvgIpc) is 1.85. The molecule has 0 heterocycles. The highest BCUT2D eigenvalue weighted by molar-refractivity contribution is 7.19. The fraction of sp³-hybridized carbons (Fsp3) is 0.750. The molecule has 11 heavy (non-hydrogen) atoms. The van der Waals surface area contributed by atoms with Gasteiger partial charge in [0, 0.05) is 6.61 Å². The van der Waals surface area contributed by atoms with Crippen molar-refractivity contribution in [3.8, 4) is 0 Å². The van der Waals surface area contributed by atoms with Crippen LogP contribution < -0.4 is 0 Å². The molecular weight excluding hydrogens is 176 g/mol. The second-order valence-electron chi connectivity index (χ2n) is 3.19. The second-order valence-corrected chi connectivity index (χ2v) is 10.2. The van der Waals surface area contributed by atoms with Crippen LogP contribution in [0.2, 0.25) is 19.1 Å². The molecule has 0 bridgehead atoms. The summed E-state index contributed by atoms with van der Waals surface area (Å²) in [7, 11) is -1.35. The van der Waals surface area contributed by atoms with Gasteiger partial charge < -0.3 is 4.74 Å². The summed E-state index contributed by atoms with van der Waals surface area (Å²) in [6.45, 7) is 9.35. The molecule has 66 valence electrons. The van der Waals surface area contributed by atoms with Gasteiger partial charge in [0.15, 0.2) is 7.38 Å². The van der Waals surface area contributed by atoms with Crippen LogP contribution >= 0.6 is 11.1 Å². The Bertz CT molecular complexity index is 109. The van der Waals surface area contributed by atoms with Gasteiger partial charge in [0.05, 0.1) is 6.61 Å². The Labute approximate surface area is 75.1 Å². The van der Waals surface area contributed by atoms with Crippen molar-refractivity contribution in [3.05, 3.63) is 12.7 Å². The van der Waals surface area contributed by atoms with Gasteiger partial charge in [-0.05, 0) is 12.5 Å². The highest BCUT2D eigenvalue weighted by Gasteiger charge is 2.15. The van der Waals surface area contributed by atoms with Crippen LogP contribution in [0.25, 0.3) is 0 Å². The van der Waals surface area contributed by atoms with E-state index >= 15 is 0 Å². The van der Waals surface area contributed by atoms with Crippen LogP contribution in [-0.4, -0.2) is 20.6 Å². The number of ether oxygens (including phenoxy) is 1. The Morgan fingerprint density at radius 3 is 2.64 bits per heavy atom. The number of halogens is 1. The smallest absolute Gasteiger partial charge is 0.150 e. The normalized spacial score (nSPS) is 11.5. The summed E-state index contributed by atoms with van der Waals surface area (Å²) in [5.41, 5.74) is 0. The highest BCUT2D eigenvalue weighted by Crippen LogP contribution is 2.15. The molecule has 0 aromatic rings. The molecule has 0 N–H and O–H groups in total. The third kappa shape index (κ3) is 10.2. The average molecular weight is 193 g/mol. The van der Waals surface area contributed by atoms with Gasteiger partial charge >= 0.3 is 0 Å². The van der Waals surface area contributed by atoms with Gasteiger partial charge in [-0.1, -0.05) is 19.2 Å². The van der Waals surface area contributed by atoms with E-state index in [2.05, 4.69) is 19.7 Å². The van der Waals surface area contributed by atoms with Crippen LogP contribution in [0.3, 0.4) is 0 Å². The fourth-order valence-corrected chi connectivity index (χ4v) is 2.15. The van der Waals surface area contributed by atoms with Crippen LogP contribution in [0.4, 0.5) is 0 Å². The minimum absolute atomic E-state index is 0.657. The van der Waals surface area contributed by atoms with E-state index < -0.39 is 7.38 Å². The number of hydrogen-bond donors (Lipinski definition) is 0. The summed E-state index contributed by atoms with van der Waals surface area (Å²) in [6.07, 6.45) is 2.85. The second kappa shape index (κ2) is 5.81. The first-order chi connectivity index (χ1) is 5.06. The molecule has 3 heteroatoms. The zero-order chi connectivity index (χ0) is 8.74. The fourth-order valence-electron chi connectivity index (χ4n) is 0.761. The van der Waals surface area contributed by atoms with Gasteiger partial charge in [0.2, 0.25) is 0 Å². The molecule has 0 aliphatic heterocycles. The molecule has 0 aliphatic rings. The molecule has 0 aliphatic carbocycles. The lowest BCUT2D eigenvalue weighted by Crippen LogP contribution is -2.16. The van der Waals surface area contributed by atoms with E-state index in [9.17, 15) is 0 Å². The predicted octanol–water partition coefficient (Wildman–Crippen LogP) is 3.02.